The zero-order valence-corrected chi connectivity index (χ0v) is 7.64. The van der Waals surface area contributed by atoms with Crippen molar-refractivity contribution in [1.82, 2.24) is 0 Å². The van der Waals surface area contributed by atoms with Crippen molar-refractivity contribution in [3.05, 3.63) is 24.8 Å². The molecule has 0 radical (unpaired) electrons. The minimum Gasteiger partial charge on any atom is -0.462 e. The lowest BCUT2D eigenvalue weighted by Crippen LogP contribution is -2.07. The molecule has 0 aliphatic heterocycles. The van der Waals surface area contributed by atoms with Gasteiger partial charge in [-0.2, -0.15) is 0 Å². The fraction of sp³-hybridized carbons (Fsp3) is 0.500. The first-order valence-corrected chi connectivity index (χ1v) is 4.18. The molecular formula is C10H16O2. The van der Waals surface area contributed by atoms with Crippen LogP contribution in [0.2, 0.25) is 0 Å². The average molecular weight is 168 g/mol. The fourth-order valence-electron chi connectivity index (χ4n) is 0.669. The third-order valence-electron chi connectivity index (χ3n) is 1.41. The van der Waals surface area contributed by atoms with Gasteiger partial charge in [-0.1, -0.05) is 26.0 Å². The van der Waals surface area contributed by atoms with Crippen molar-refractivity contribution in [3.63, 3.8) is 0 Å². The number of esters is 1. The van der Waals surface area contributed by atoms with Crippen LogP contribution < -0.4 is 0 Å². The summed E-state index contributed by atoms with van der Waals surface area (Å²) in [5, 5.41) is 0. The van der Waals surface area contributed by atoms with Gasteiger partial charge in [-0.3, -0.25) is 0 Å². The van der Waals surface area contributed by atoms with Crippen LogP contribution in [-0.4, -0.2) is 12.6 Å². The van der Waals surface area contributed by atoms with Gasteiger partial charge in [0.15, 0.2) is 0 Å². The molecule has 0 fully saturated rings. The Morgan fingerprint density at radius 2 is 2.25 bits per heavy atom. The van der Waals surface area contributed by atoms with Crippen LogP contribution in [-0.2, 0) is 9.53 Å². The highest BCUT2D eigenvalue weighted by Gasteiger charge is 2.04. The molecule has 0 saturated carbocycles. The molecule has 0 aromatic rings. The maximum absolute atomic E-state index is 11.0. The van der Waals surface area contributed by atoms with E-state index in [1.54, 1.807) is 6.08 Å². The van der Waals surface area contributed by atoms with E-state index in [0.717, 1.165) is 12.8 Å². The zero-order valence-electron chi connectivity index (χ0n) is 7.64. The number of carbonyl (C=O) groups is 1. The average Bonchev–Trinajstić information content (AvgIpc) is 2.05. The van der Waals surface area contributed by atoms with Gasteiger partial charge in [0, 0.05) is 5.57 Å². The van der Waals surface area contributed by atoms with Gasteiger partial charge >= 0.3 is 5.97 Å². The van der Waals surface area contributed by atoms with E-state index in [1.165, 1.54) is 0 Å². The van der Waals surface area contributed by atoms with Gasteiger partial charge in [0.05, 0.1) is 6.61 Å². The van der Waals surface area contributed by atoms with E-state index in [2.05, 4.69) is 13.2 Å². The molecular weight excluding hydrogens is 152 g/mol. The normalized spacial score (nSPS) is 9.08. The van der Waals surface area contributed by atoms with Crippen molar-refractivity contribution >= 4 is 5.97 Å². The second kappa shape index (κ2) is 6.65. The summed E-state index contributed by atoms with van der Waals surface area (Å²) < 4.78 is 4.91. The largest absolute Gasteiger partial charge is 0.462 e. The van der Waals surface area contributed by atoms with Crippen LogP contribution in [0.4, 0.5) is 0 Å². The molecule has 0 saturated heterocycles. The fourth-order valence-corrected chi connectivity index (χ4v) is 0.669. The molecule has 0 N–H and O–H groups in total. The van der Waals surface area contributed by atoms with Gasteiger partial charge < -0.3 is 4.74 Å². The van der Waals surface area contributed by atoms with Crippen molar-refractivity contribution in [1.29, 1.82) is 0 Å². The predicted octanol–water partition coefficient (Wildman–Crippen LogP) is 2.46. The third kappa shape index (κ3) is 4.72. The van der Waals surface area contributed by atoms with Crippen LogP contribution in [0, 0.1) is 0 Å². The Labute approximate surface area is 73.9 Å². The van der Waals surface area contributed by atoms with E-state index in [1.807, 2.05) is 6.92 Å². The number of rotatable bonds is 6. The lowest BCUT2D eigenvalue weighted by Gasteiger charge is -2.03. The summed E-state index contributed by atoms with van der Waals surface area (Å²) in [4.78, 5) is 11.0. The molecule has 0 spiro atoms. The molecule has 12 heavy (non-hydrogen) atoms. The van der Waals surface area contributed by atoms with Crippen LogP contribution >= 0.6 is 0 Å². The number of carbonyl (C=O) groups excluding carboxylic acids is 1. The molecule has 68 valence electrons. The van der Waals surface area contributed by atoms with E-state index in [9.17, 15) is 4.79 Å². The molecule has 0 atom stereocenters. The first kappa shape index (κ1) is 11.0. The van der Waals surface area contributed by atoms with Gasteiger partial charge in [0.2, 0.25) is 0 Å². The minimum absolute atomic E-state index is 0.302. The van der Waals surface area contributed by atoms with Crippen LogP contribution in [0.25, 0.3) is 0 Å². The van der Waals surface area contributed by atoms with E-state index in [-0.39, 0.29) is 5.97 Å². The highest BCUT2D eigenvalue weighted by molar-refractivity contribution is 5.87. The van der Waals surface area contributed by atoms with Crippen molar-refractivity contribution in [2.24, 2.45) is 0 Å². The van der Waals surface area contributed by atoms with Crippen molar-refractivity contribution in [2.45, 2.75) is 26.2 Å². The van der Waals surface area contributed by atoms with Crippen molar-refractivity contribution in [2.75, 3.05) is 6.61 Å². The topological polar surface area (TPSA) is 26.3 Å². The highest BCUT2D eigenvalue weighted by atomic mass is 16.5. The summed E-state index contributed by atoms with van der Waals surface area (Å²) in [5.74, 6) is -0.302. The first-order valence-electron chi connectivity index (χ1n) is 4.18. The van der Waals surface area contributed by atoms with Crippen LogP contribution in [0.3, 0.4) is 0 Å². The number of unbranched alkanes of at least 4 members (excludes halogenated alkanes) is 1. The predicted molar refractivity (Wildman–Crippen MR) is 49.8 cm³/mol. The number of allylic oxidation sites excluding steroid dienone is 1. The molecule has 0 amide bonds. The van der Waals surface area contributed by atoms with Crippen LogP contribution in [0.5, 0.6) is 0 Å². The Hall–Kier alpha value is -1.05. The molecule has 0 rings (SSSR count). The number of hydrogen-bond donors (Lipinski definition) is 0. The molecule has 0 unspecified atom stereocenters. The second-order valence-corrected chi connectivity index (χ2v) is 2.59. The van der Waals surface area contributed by atoms with E-state index in [0.29, 0.717) is 18.6 Å². The second-order valence-electron chi connectivity index (χ2n) is 2.59. The van der Waals surface area contributed by atoms with E-state index in [4.69, 9.17) is 4.74 Å². The molecule has 0 heterocycles. The summed E-state index contributed by atoms with van der Waals surface area (Å²) in [7, 11) is 0. The van der Waals surface area contributed by atoms with Gasteiger partial charge in [-0.05, 0) is 12.8 Å². The lowest BCUT2D eigenvalue weighted by molar-refractivity contribution is -0.139. The smallest absolute Gasteiger partial charge is 0.333 e. The quantitative estimate of drug-likeness (QED) is 0.263. The van der Waals surface area contributed by atoms with E-state index >= 15 is 0 Å². The van der Waals surface area contributed by atoms with Crippen LogP contribution in [0.1, 0.15) is 26.2 Å². The standard InChI is InChI=1S/C10H16O2/c1-4-6-8-12-10(11)9(3)7-5-2/h5H,2-4,6-8H2,1H3. The molecule has 0 aromatic heterocycles. The molecule has 0 aliphatic rings. The van der Waals surface area contributed by atoms with Gasteiger partial charge in [0.1, 0.15) is 0 Å². The monoisotopic (exact) mass is 168 g/mol. The summed E-state index contributed by atoms with van der Waals surface area (Å²) in [5.41, 5.74) is 0.473. The summed E-state index contributed by atoms with van der Waals surface area (Å²) >= 11 is 0. The SMILES string of the molecule is C=CCC(=C)C(=O)OCCCC. The minimum atomic E-state index is -0.302. The lowest BCUT2D eigenvalue weighted by atomic mass is 10.2. The highest BCUT2D eigenvalue weighted by Crippen LogP contribution is 2.01. The molecule has 0 aromatic carbocycles. The van der Waals surface area contributed by atoms with Gasteiger partial charge in [-0.15, -0.1) is 6.58 Å². The van der Waals surface area contributed by atoms with Gasteiger partial charge in [-0.25, -0.2) is 4.79 Å². The van der Waals surface area contributed by atoms with Crippen molar-refractivity contribution in [3.8, 4) is 0 Å². The van der Waals surface area contributed by atoms with Crippen LogP contribution in [0.15, 0.2) is 24.8 Å². The van der Waals surface area contributed by atoms with Crippen molar-refractivity contribution < 1.29 is 9.53 Å². The molecule has 0 aliphatic carbocycles. The maximum atomic E-state index is 11.0. The zero-order chi connectivity index (χ0) is 9.40. The summed E-state index contributed by atoms with van der Waals surface area (Å²) in [6.07, 6.45) is 4.09. The molecule has 2 heteroatoms. The number of hydrogen-bond acceptors (Lipinski definition) is 2. The Morgan fingerprint density at radius 1 is 1.58 bits per heavy atom. The Bertz CT molecular complexity index is 171. The van der Waals surface area contributed by atoms with Gasteiger partial charge in [0.25, 0.3) is 0 Å². The maximum Gasteiger partial charge on any atom is 0.333 e. The summed E-state index contributed by atoms with van der Waals surface area (Å²) in [6, 6.07) is 0. The Balaban J connectivity index is 3.57. The van der Waals surface area contributed by atoms with E-state index < -0.39 is 0 Å². The third-order valence-corrected chi connectivity index (χ3v) is 1.41. The molecule has 2 nitrogen and oxygen atoms in total. The first-order chi connectivity index (χ1) is 5.72. The summed E-state index contributed by atoms with van der Waals surface area (Å²) in [6.45, 7) is 9.63. The Kier molecular flexibility index (Phi) is 6.07. The molecule has 0 bridgehead atoms. The Morgan fingerprint density at radius 3 is 2.75 bits per heavy atom. The number of ether oxygens (including phenoxy) is 1.